The smallest absolute Gasteiger partial charge is 0.315 e. The maximum absolute atomic E-state index is 11.7. The summed E-state index contributed by atoms with van der Waals surface area (Å²) in [4.78, 5) is 33.4. The van der Waals surface area contributed by atoms with E-state index in [9.17, 15) is 14.4 Å². The highest BCUT2D eigenvalue weighted by atomic mass is 32.2. The molecule has 1 aliphatic carbocycles. The molecular formula is C14H20O5S. The van der Waals surface area contributed by atoms with E-state index in [1.807, 2.05) is 0 Å². The number of allylic oxidation sites excluding steroid dienone is 1. The van der Waals surface area contributed by atoms with Crippen molar-refractivity contribution in [1.29, 1.82) is 0 Å². The molecule has 0 unspecified atom stereocenters. The van der Waals surface area contributed by atoms with Crippen LogP contribution in [0.3, 0.4) is 0 Å². The molecule has 0 aromatic rings. The number of Topliss-reactive ketones (excluding diaryl/α,β-unsaturated/α-hetero) is 1. The number of rotatable bonds is 8. The molecule has 0 radical (unpaired) electrons. The second kappa shape index (κ2) is 8.79. The van der Waals surface area contributed by atoms with Crippen LogP contribution in [-0.2, 0) is 23.9 Å². The number of ether oxygens (including phenoxy) is 2. The number of hydrogen-bond acceptors (Lipinski definition) is 6. The molecular weight excluding hydrogens is 280 g/mol. The van der Waals surface area contributed by atoms with Gasteiger partial charge in [-0.3, -0.25) is 14.4 Å². The Bertz CT molecular complexity index is 402. The molecule has 0 spiro atoms. The van der Waals surface area contributed by atoms with Gasteiger partial charge in [0.05, 0.1) is 19.3 Å². The van der Waals surface area contributed by atoms with Crippen LogP contribution in [0, 0.1) is 0 Å². The lowest BCUT2D eigenvalue weighted by Crippen LogP contribution is -2.12. The van der Waals surface area contributed by atoms with Crippen LogP contribution in [0.1, 0.15) is 32.6 Å². The van der Waals surface area contributed by atoms with E-state index in [0.29, 0.717) is 12.2 Å². The van der Waals surface area contributed by atoms with E-state index in [1.165, 1.54) is 25.8 Å². The Kier molecular flexibility index (Phi) is 7.36. The van der Waals surface area contributed by atoms with Gasteiger partial charge in [0.2, 0.25) is 0 Å². The van der Waals surface area contributed by atoms with Crippen molar-refractivity contribution in [3.8, 4) is 0 Å². The molecule has 0 heterocycles. The summed E-state index contributed by atoms with van der Waals surface area (Å²) >= 11 is 1.53. The molecule has 20 heavy (non-hydrogen) atoms. The Morgan fingerprint density at radius 2 is 2.15 bits per heavy atom. The predicted octanol–water partition coefficient (Wildman–Crippen LogP) is 1.89. The van der Waals surface area contributed by atoms with E-state index in [0.717, 1.165) is 24.2 Å². The Morgan fingerprint density at radius 3 is 2.80 bits per heavy atom. The average molecular weight is 300 g/mol. The van der Waals surface area contributed by atoms with E-state index in [-0.39, 0.29) is 30.2 Å². The van der Waals surface area contributed by atoms with E-state index < -0.39 is 0 Å². The molecule has 5 nitrogen and oxygen atoms in total. The average Bonchev–Trinajstić information content (AvgIpc) is 2.72. The van der Waals surface area contributed by atoms with Gasteiger partial charge in [-0.1, -0.05) is 0 Å². The minimum absolute atomic E-state index is 0.0680. The fourth-order valence-electron chi connectivity index (χ4n) is 1.94. The third-order valence-corrected chi connectivity index (χ3v) is 3.90. The third kappa shape index (κ3) is 6.23. The number of carbonyl (C=O) groups excluding carboxylic acids is 3. The van der Waals surface area contributed by atoms with Crippen LogP contribution < -0.4 is 0 Å². The molecule has 0 aliphatic heterocycles. The van der Waals surface area contributed by atoms with Crippen molar-refractivity contribution in [2.45, 2.75) is 38.7 Å². The number of methoxy groups -OCH3 is 1. The molecule has 1 rings (SSSR count). The molecule has 1 aliphatic rings. The largest absolute Gasteiger partial charge is 0.468 e. The normalized spacial score (nSPS) is 17.8. The number of unbranched alkanes of at least 4 members (excludes halogenated alkanes) is 1. The van der Waals surface area contributed by atoms with Crippen molar-refractivity contribution in [2.75, 3.05) is 18.6 Å². The predicted molar refractivity (Wildman–Crippen MR) is 76.5 cm³/mol. The highest BCUT2D eigenvalue weighted by molar-refractivity contribution is 7.99. The summed E-state index contributed by atoms with van der Waals surface area (Å²) in [5.74, 6) is 0.724. The number of thioether (sulfide) groups is 1. The van der Waals surface area contributed by atoms with Crippen molar-refractivity contribution in [3.63, 3.8) is 0 Å². The first-order valence-electron chi connectivity index (χ1n) is 6.58. The monoisotopic (exact) mass is 300 g/mol. The molecule has 0 amide bonds. The van der Waals surface area contributed by atoms with Gasteiger partial charge in [0.15, 0.2) is 5.78 Å². The fraction of sp³-hybridized carbons (Fsp3) is 0.643. The molecule has 0 fully saturated rings. The molecule has 0 saturated heterocycles. The van der Waals surface area contributed by atoms with Crippen molar-refractivity contribution in [2.24, 2.45) is 0 Å². The zero-order valence-electron chi connectivity index (χ0n) is 11.8. The highest BCUT2D eigenvalue weighted by Gasteiger charge is 2.25. The second-order valence-electron chi connectivity index (χ2n) is 4.55. The molecule has 0 aromatic heterocycles. The molecule has 1 atom stereocenters. The first-order chi connectivity index (χ1) is 9.52. The van der Waals surface area contributed by atoms with Crippen LogP contribution in [-0.4, -0.2) is 42.4 Å². The van der Waals surface area contributed by atoms with Gasteiger partial charge in [-0.2, -0.15) is 11.8 Å². The van der Waals surface area contributed by atoms with Gasteiger partial charge in [0.1, 0.15) is 6.10 Å². The van der Waals surface area contributed by atoms with Crippen LogP contribution in [0.2, 0.25) is 0 Å². The summed E-state index contributed by atoms with van der Waals surface area (Å²) in [6.07, 6.45) is 4.17. The molecule has 6 heteroatoms. The van der Waals surface area contributed by atoms with E-state index in [1.54, 1.807) is 6.08 Å². The molecule has 0 saturated carbocycles. The topological polar surface area (TPSA) is 69.7 Å². The quantitative estimate of drug-likeness (QED) is 0.503. The van der Waals surface area contributed by atoms with Crippen molar-refractivity contribution < 1.29 is 23.9 Å². The van der Waals surface area contributed by atoms with Gasteiger partial charge in [-0.15, -0.1) is 0 Å². The standard InChI is InChI=1S/C14H20O5S/c1-10(15)19-12-7-11(13(16)8-12)5-3-4-6-20-9-14(17)18-2/h7,12H,3-6,8-9H2,1-2H3/t12-/m0/s1. The first kappa shape index (κ1) is 16.8. The zero-order valence-corrected chi connectivity index (χ0v) is 12.7. The molecule has 0 aromatic carbocycles. The summed E-state index contributed by atoms with van der Waals surface area (Å²) in [7, 11) is 1.38. The minimum atomic E-state index is -0.385. The Morgan fingerprint density at radius 1 is 1.40 bits per heavy atom. The highest BCUT2D eigenvalue weighted by Crippen LogP contribution is 2.22. The van der Waals surface area contributed by atoms with Gasteiger partial charge in [-0.05, 0) is 36.7 Å². The maximum Gasteiger partial charge on any atom is 0.315 e. The summed E-state index contributed by atoms with van der Waals surface area (Å²) < 4.78 is 9.54. The van der Waals surface area contributed by atoms with Crippen molar-refractivity contribution >= 4 is 29.5 Å². The van der Waals surface area contributed by atoms with Gasteiger partial charge in [-0.25, -0.2) is 0 Å². The lowest BCUT2D eigenvalue weighted by atomic mass is 10.1. The maximum atomic E-state index is 11.7. The van der Waals surface area contributed by atoms with Crippen LogP contribution >= 0.6 is 11.8 Å². The lowest BCUT2D eigenvalue weighted by Gasteiger charge is -2.05. The summed E-state index contributed by atoms with van der Waals surface area (Å²) in [5.41, 5.74) is 0.759. The van der Waals surface area contributed by atoms with Gasteiger partial charge in [0, 0.05) is 6.92 Å². The SMILES string of the molecule is COC(=O)CSCCCCC1=C[C@H](OC(C)=O)CC1=O. The van der Waals surface area contributed by atoms with Crippen LogP contribution in [0.15, 0.2) is 11.6 Å². The fourth-order valence-corrected chi connectivity index (χ4v) is 2.77. The number of hydrogen-bond donors (Lipinski definition) is 0. The van der Waals surface area contributed by atoms with Gasteiger partial charge >= 0.3 is 11.9 Å². The molecule has 0 bridgehead atoms. The Balaban J connectivity index is 2.16. The van der Waals surface area contributed by atoms with Crippen molar-refractivity contribution in [1.82, 2.24) is 0 Å². The Hall–Kier alpha value is -1.30. The third-order valence-electron chi connectivity index (χ3n) is 2.88. The Labute approximate surface area is 123 Å². The van der Waals surface area contributed by atoms with Crippen molar-refractivity contribution in [3.05, 3.63) is 11.6 Å². The first-order valence-corrected chi connectivity index (χ1v) is 7.74. The van der Waals surface area contributed by atoms with Crippen LogP contribution in [0.4, 0.5) is 0 Å². The van der Waals surface area contributed by atoms with E-state index in [2.05, 4.69) is 4.74 Å². The summed E-state index contributed by atoms with van der Waals surface area (Å²) in [6.45, 7) is 1.34. The van der Waals surface area contributed by atoms with Gasteiger partial charge in [0.25, 0.3) is 0 Å². The van der Waals surface area contributed by atoms with E-state index >= 15 is 0 Å². The number of esters is 2. The van der Waals surface area contributed by atoms with Gasteiger partial charge < -0.3 is 9.47 Å². The summed E-state index contributed by atoms with van der Waals surface area (Å²) in [6, 6.07) is 0. The molecule has 0 N–H and O–H groups in total. The second-order valence-corrected chi connectivity index (χ2v) is 5.66. The zero-order chi connectivity index (χ0) is 15.0. The number of carbonyl (C=O) groups is 3. The van der Waals surface area contributed by atoms with Crippen LogP contribution in [0.25, 0.3) is 0 Å². The minimum Gasteiger partial charge on any atom is -0.468 e. The summed E-state index contributed by atoms with van der Waals surface area (Å²) in [5, 5.41) is 0. The van der Waals surface area contributed by atoms with E-state index in [4.69, 9.17) is 4.74 Å². The lowest BCUT2D eigenvalue weighted by molar-refractivity contribution is -0.144. The molecule has 112 valence electrons. The van der Waals surface area contributed by atoms with Crippen LogP contribution in [0.5, 0.6) is 0 Å². The number of ketones is 1.